The van der Waals surface area contributed by atoms with Crippen LogP contribution in [0.1, 0.15) is 64.4 Å². The largest absolute Gasteiger partial charge is 2.00 e. The van der Waals surface area contributed by atoms with E-state index in [0.717, 1.165) is 24.0 Å². The molecule has 0 atom stereocenters. The third kappa shape index (κ3) is 9.15. The van der Waals surface area contributed by atoms with Crippen molar-refractivity contribution in [1.82, 2.24) is 4.98 Å². The number of pyridine rings is 1. The molecule has 7 nitrogen and oxygen atoms in total. The Hall–Kier alpha value is -4.68. The molecule has 220 valence electrons. The van der Waals surface area contributed by atoms with Gasteiger partial charge in [-0.25, -0.2) is 14.2 Å². The van der Waals surface area contributed by atoms with E-state index >= 15 is 4.39 Å². The Kier molecular flexibility index (Phi) is 13.4. The van der Waals surface area contributed by atoms with Crippen LogP contribution < -0.4 is 0 Å². The van der Waals surface area contributed by atoms with Crippen LogP contribution in [0.15, 0.2) is 72.8 Å². The molecular weight excluding hydrogens is 636 g/mol. The van der Waals surface area contributed by atoms with Crippen molar-refractivity contribution in [2.24, 2.45) is 0 Å². The number of hydrogen-bond acceptors (Lipinski definition) is 4. The average molecular weight is 666 g/mol. The minimum Gasteiger partial charge on any atom is -0.621 e. The fourth-order valence-electron chi connectivity index (χ4n) is 4.41. The number of carbonyl (C=O) groups is 2. The normalized spacial score (nSPS) is 9.74. The SMILES string of the molecule is CC#N.[C-]#[N+]c1ccccc1-c1ccc(F)c([N-]C(=O)c2cccc(C(=O)[N-]c3cc(C)cc(C)c3)n2)c1CCCC.[Pd+2]. The summed E-state index contributed by atoms with van der Waals surface area (Å²) in [7, 11) is 0. The molecule has 0 saturated heterocycles. The zero-order valence-corrected chi connectivity index (χ0v) is 25.9. The predicted octanol–water partition coefficient (Wildman–Crippen LogP) is 9.62. The van der Waals surface area contributed by atoms with Gasteiger partial charge < -0.3 is 20.2 Å². The maximum absolute atomic E-state index is 15.2. The Morgan fingerprint density at radius 3 is 2.14 bits per heavy atom. The van der Waals surface area contributed by atoms with Crippen molar-refractivity contribution < 1.29 is 34.4 Å². The van der Waals surface area contributed by atoms with Gasteiger partial charge in [0, 0.05) is 6.92 Å². The fraction of sp³-hybridized carbons (Fsp3) is 0.206. The van der Waals surface area contributed by atoms with E-state index in [1.165, 1.54) is 31.2 Å². The Bertz CT molecular complexity index is 1670. The van der Waals surface area contributed by atoms with Gasteiger partial charge >= 0.3 is 20.4 Å². The van der Waals surface area contributed by atoms with Crippen LogP contribution >= 0.6 is 0 Å². The van der Waals surface area contributed by atoms with Gasteiger partial charge in [-0.15, -0.1) is 5.69 Å². The predicted molar refractivity (Wildman–Crippen MR) is 163 cm³/mol. The van der Waals surface area contributed by atoms with Gasteiger partial charge in [-0.3, -0.25) is 0 Å². The number of para-hydroxylation sites is 1. The van der Waals surface area contributed by atoms with Crippen LogP contribution in [-0.2, 0) is 26.8 Å². The number of benzene rings is 3. The number of aromatic nitrogens is 1. The summed E-state index contributed by atoms with van der Waals surface area (Å²) < 4.78 is 15.2. The molecule has 2 amide bonds. The molecule has 0 saturated carbocycles. The topological polar surface area (TPSA) is 103 Å². The molecule has 0 aliphatic rings. The maximum atomic E-state index is 15.2. The van der Waals surface area contributed by atoms with Gasteiger partial charge in [0.2, 0.25) is 0 Å². The van der Waals surface area contributed by atoms with E-state index in [0.29, 0.717) is 34.5 Å². The van der Waals surface area contributed by atoms with E-state index < -0.39 is 17.6 Å². The summed E-state index contributed by atoms with van der Waals surface area (Å²) in [5.74, 6) is -2.01. The fourth-order valence-corrected chi connectivity index (χ4v) is 4.41. The molecule has 0 fully saturated rings. The summed E-state index contributed by atoms with van der Waals surface area (Å²) in [6.45, 7) is 14.8. The van der Waals surface area contributed by atoms with Gasteiger partial charge in [-0.05, 0) is 56.0 Å². The molecule has 0 aliphatic heterocycles. The molecule has 1 aromatic heterocycles. The molecule has 0 unspecified atom stereocenters. The number of aryl methyl sites for hydroxylation is 2. The number of halogens is 1. The van der Waals surface area contributed by atoms with E-state index in [4.69, 9.17) is 11.8 Å². The molecule has 0 radical (unpaired) electrons. The van der Waals surface area contributed by atoms with Crippen LogP contribution in [0.25, 0.3) is 26.6 Å². The van der Waals surface area contributed by atoms with Crippen LogP contribution in [0.3, 0.4) is 0 Å². The molecule has 4 aromatic rings. The summed E-state index contributed by atoms with van der Waals surface area (Å²) in [5, 5.41) is 15.6. The van der Waals surface area contributed by atoms with Crippen LogP contribution in [0.2, 0.25) is 0 Å². The quantitative estimate of drug-likeness (QED) is 0.138. The zero-order valence-electron chi connectivity index (χ0n) is 24.3. The molecule has 3 aromatic carbocycles. The molecular formula is C34H30FN5O2Pd. The molecule has 0 spiro atoms. The van der Waals surface area contributed by atoms with Gasteiger partial charge in [0.15, 0.2) is 5.69 Å². The van der Waals surface area contributed by atoms with Gasteiger partial charge in [-0.1, -0.05) is 90.3 Å². The molecule has 43 heavy (non-hydrogen) atoms. The number of carbonyl (C=O) groups excluding carboxylic acids is 2. The molecule has 1 heterocycles. The summed E-state index contributed by atoms with van der Waals surface area (Å²) in [5.41, 5.74) is 4.56. The Labute approximate surface area is 265 Å². The summed E-state index contributed by atoms with van der Waals surface area (Å²) >= 11 is 0. The number of amides is 2. The molecule has 9 heteroatoms. The second-order valence-corrected chi connectivity index (χ2v) is 9.47. The summed E-state index contributed by atoms with van der Waals surface area (Å²) in [4.78, 5) is 33.8. The van der Waals surface area contributed by atoms with E-state index in [1.807, 2.05) is 32.9 Å². The van der Waals surface area contributed by atoms with E-state index in [-0.39, 0.29) is 37.5 Å². The number of rotatable bonds is 8. The number of hydrogen-bond donors (Lipinski definition) is 0. The first kappa shape index (κ1) is 34.5. The first-order valence-corrected chi connectivity index (χ1v) is 13.4. The molecule has 4 rings (SSSR count). The van der Waals surface area contributed by atoms with Crippen molar-refractivity contribution in [2.45, 2.75) is 47.0 Å². The van der Waals surface area contributed by atoms with Crippen molar-refractivity contribution in [3.8, 4) is 17.2 Å². The van der Waals surface area contributed by atoms with E-state index in [2.05, 4.69) is 20.5 Å². The van der Waals surface area contributed by atoms with Crippen molar-refractivity contribution in [1.29, 1.82) is 5.26 Å². The standard InChI is InChI=1S/C32H29FN4O2.C2H3N.Pd/c1-5-6-10-25-23(24-11-7-8-12-27(24)34-4)15-16-26(33)30(25)37-32(39)29-14-9-13-28(36-29)31(38)35-22-18-20(2)17-21(3)19-22;1-2-3;/h7-9,11-19H,5-6,10H2,1-3H3,(H2,35,37,38,39);1H3;/q;;+2/p-2. The van der Waals surface area contributed by atoms with E-state index in [9.17, 15) is 9.59 Å². The monoisotopic (exact) mass is 665 g/mol. The summed E-state index contributed by atoms with van der Waals surface area (Å²) in [6, 6.07) is 21.7. The Morgan fingerprint density at radius 2 is 1.53 bits per heavy atom. The minimum absolute atomic E-state index is 0. The number of nitrogens with zero attached hydrogens (tertiary/aromatic N) is 5. The van der Waals surface area contributed by atoms with Gasteiger partial charge in [0.05, 0.1) is 24.0 Å². The van der Waals surface area contributed by atoms with Crippen LogP contribution in [0, 0.1) is 37.6 Å². The minimum atomic E-state index is -0.775. The average Bonchev–Trinajstić information content (AvgIpc) is 2.97. The Morgan fingerprint density at radius 1 is 0.930 bits per heavy atom. The molecule has 0 N–H and O–H groups in total. The molecule has 0 aliphatic carbocycles. The zero-order chi connectivity index (χ0) is 30.6. The maximum Gasteiger partial charge on any atom is 2.00 e. The third-order valence-electron chi connectivity index (χ3n) is 6.17. The second-order valence-electron chi connectivity index (χ2n) is 9.47. The van der Waals surface area contributed by atoms with Gasteiger partial charge in [0.25, 0.3) is 0 Å². The van der Waals surface area contributed by atoms with Crippen LogP contribution in [0.5, 0.6) is 0 Å². The second kappa shape index (κ2) is 16.7. The number of nitriles is 1. The number of unbranched alkanes of at least 4 members (excludes halogenated alkanes) is 1. The van der Waals surface area contributed by atoms with Crippen molar-refractivity contribution >= 4 is 28.9 Å². The van der Waals surface area contributed by atoms with Crippen molar-refractivity contribution in [2.75, 3.05) is 0 Å². The van der Waals surface area contributed by atoms with Crippen molar-refractivity contribution in [3.63, 3.8) is 0 Å². The van der Waals surface area contributed by atoms with Crippen molar-refractivity contribution in [3.05, 3.63) is 129 Å². The molecule has 0 bridgehead atoms. The smallest absolute Gasteiger partial charge is 0.621 e. The van der Waals surface area contributed by atoms with Crippen LogP contribution in [-0.4, -0.2) is 16.8 Å². The summed E-state index contributed by atoms with van der Waals surface area (Å²) in [6.07, 6.45) is 2.07. The van der Waals surface area contributed by atoms with E-state index in [1.54, 1.807) is 42.5 Å². The Balaban J connectivity index is 0.00000155. The van der Waals surface area contributed by atoms with Gasteiger partial charge in [0.1, 0.15) is 17.6 Å². The van der Waals surface area contributed by atoms with Crippen LogP contribution in [0.4, 0.5) is 21.5 Å². The first-order chi connectivity index (χ1) is 20.2. The third-order valence-corrected chi connectivity index (χ3v) is 6.17. The first-order valence-electron chi connectivity index (χ1n) is 13.4. The van der Waals surface area contributed by atoms with Gasteiger partial charge in [-0.2, -0.15) is 5.26 Å².